The van der Waals surface area contributed by atoms with E-state index in [-0.39, 0.29) is 25.8 Å². The Bertz CT molecular complexity index is 848. The molecule has 0 saturated carbocycles. The van der Waals surface area contributed by atoms with Crippen LogP contribution in [0.2, 0.25) is 0 Å². The van der Waals surface area contributed by atoms with Crippen LogP contribution < -0.4 is 0 Å². The molecule has 0 rings (SSSR count). The molecular weight excluding hydrogens is 673 g/mol. The number of quaternary nitrogens is 1. The molecular formula is C43H87NO7P+. The minimum absolute atomic E-state index is 0.0901. The van der Waals surface area contributed by atoms with E-state index in [1.54, 1.807) is 0 Å². The van der Waals surface area contributed by atoms with Crippen molar-refractivity contribution in [3.8, 4) is 0 Å². The van der Waals surface area contributed by atoms with E-state index in [0.29, 0.717) is 24.1 Å². The Labute approximate surface area is 322 Å². The van der Waals surface area contributed by atoms with Crippen LogP contribution in [0.3, 0.4) is 0 Å². The van der Waals surface area contributed by atoms with Gasteiger partial charge in [0.15, 0.2) is 0 Å². The first-order valence-electron chi connectivity index (χ1n) is 21.9. The predicted molar refractivity (Wildman–Crippen MR) is 220 cm³/mol. The number of unbranched alkanes of at least 4 members (excludes halogenated alkanes) is 25. The maximum atomic E-state index is 12.6. The third-order valence-corrected chi connectivity index (χ3v) is 10.6. The number of phosphoric ester groups is 1. The summed E-state index contributed by atoms with van der Waals surface area (Å²) in [6.45, 7) is 5.62. The van der Waals surface area contributed by atoms with Gasteiger partial charge >= 0.3 is 13.8 Å². The first kappa shape index (κ1) is 51.2. The van der Waals surface area contributed by atoms with E-state index in [1.807, 2.05) is 21.1 Å². The van der Waals surface area contributed by atoms with E-state index in [9.17, 15) is 14.3 Å². The number of likely N-dealkylation sites (N-methyl/N-ethyl adjacent to an activating group) is 1. The summed E-state index contributed by atoms with van der Waals surface area (Å²) in [6, 6.07) is 0. The van der Waals surface area contributed by atoms with Crippen molar-refractivity contribution in [1.29, 1.82) is 0 Å². The number of hydrogen-bond donors (Lipinski definition) is 1. The monoisotopic (exact) mass is 761 g/mol. The van der Waals surface area contributed by atoms with Gasteiger partial charge in [-0.25, -0.2) is 4.57 Å². The van der Waals surface area contributed by atoms with Crippen LogP contribution in [-0.2, 0) is 27.9 Å². The van der Waals surface area contributed by atoms with Gasteiger partial charge in [-0.15, -0.1) is 0 Å². The van der Waals surface area contributed by atoms with E-state index in [1.165, 1.54) is 135 Å². The second kappa shape index (κ2) is 37.2. The van der Waals surface area contributed by atoms with Crippen LogP contribution in [0.25, 0.3) is 0 Å². The molecule has 0 aliphatic carbocycles. The minimum Gasteiger partial charge on any atom is -0.457 e. The molecule has 0 saturated heterocycles. The average molecular weight is 761 g/mol. The van der Waals surface area contributed by atoms with Crippen molar-refractivity contribution >= 4 is 13.8 Å². The van der Waals surface area contributed by atoms with Crippen molar-refractivity contribution in [2.45, 2.75) is 206 Å². The van der Waals surface area contributed by atoms with Crippen LogP contribution in [0, 0.1) is 0 Å². The van der Waals surface area contributed by atoms with Gasteiger partial charge in [0.05, 0.1) is 34.4 Å². The summed E-state index contributed by atoms with van der Waals surface area (Å²) in [5.41, 5.74) is 0. The van der Waals surface area contributed by atoms with E-state index < -0.39 is 13.9 Å². The van der Waals surface area contributed by atoms with Crippen molar-refractivity contribution in [2.24, 2.45) is 0 Å². The molecule has 8 nitrogen and oxygen atoms in total. The number of allylic oxidation sites excluding steroid dienone is 2. The Morgan fingerprint density at radius 1 is 0.577 bits per heavy atom. The van der Waals surface area contributed by atoms with Crippen LogP contribution in [0.15, 0.2) is 12.2 Å². The lowest BCUT2D eigenvalue weighted by Crippen LogP contribution is -2.37. The number of esters is 1. The number of rotatable bonds is 41. The summed E-state index contributed by atoms with van der Waals surface area (Å²) in [7, 11) is 1.67. The van der Waals surface area contributed by atoms with E-state index >= 15 is 0 Å². The summed E-state index contributed by atoms with van der Waals surface area (Å²) in [5, 5.41) is 0. The van der Waals surface area contributed by atoms with Gasteiger partial charge in [0.1, 0.15) is 19.3 Å². The number of ether oxygens (including phenoxy) is 2. The molecule has 0 spiro atoms. The van der Waals surface area contributed by atoms with E-state index in [0.717, 1.165) is 44.9 Å². The van der Waals surface area contributed by atoms with Gasteiger partial charge in [0.2, 0.25) is 0 Å². The van der Waals surface area contributed by atoms with Gasteiger partial charge in [-0.2, -0.15) is 0 Å². The summed E-state index contributed by atoms with van der Waals surface area (Å²) in [4.78, 5) is 22.8. The van der Waals surface area contributed by atoms with Crippen molar-refractivity contribution in [3.05, 3.63) is 12.2 Å². The van der Waals surface area contributed by atoms with Gasteiger partial charge in [-0.05, 0) is 38.5 Å². The van der Waals surface area contributed by atoms with Gasteiger partial charge in [0.25, 0.3) is 0 Å². The highest BCUT2D eigenvalue weighted by Crippen LogP contribution is 2.43. The first-order valence-corrected chi connectivity index (χ1v) is 23.4. The van der Waals surface area contributed by atoms with Crippen LogP contribution >= 0.6 is 7.82 Å². The maximum Gasteiger partial charge on any atom is 0.472 e. The number of carbonyl (C=O) groups excluding carboxylic acids is 1. The van der Waals surface area contributed by atoms with Crippen LogP contribution in [0.4, 0.5) is 0 Å². The van der Waals surface area contributed by atoms with Gasteiger partial charge < -0.3 is 18.9 Å². The molecule has 0 aliphatic rings. The number of carbonyl (C=O) groups is 1. The largest absolute Gasteiger partial charge is 0.472 e. The van der Waals surface area contributed by atoms with E-state index in [4.69, 9.17) is 18.5 Å². The van der Waals surface area contributed by atoms with Gasteiger partial charge in [0, 0.05) is 13.0 Å². The normalized spacial score (nSPS) is 13.9. The molecule has 0 aromatic heterocycles. The zero-order valence-electron chi connectivity index (χ0n) is 35.1. The van der Waals surface area contributed by atoms with E-state index in [2.05, 4.69) is 26.0 Å². The fraction of sp³-hybridized carbons (Fsp3) is 0.930. The maximum absolute atomic E-state index is 12.6. The molecule has 52 heavy (non-hydrogen) atoms. The SMILES string of the molecule is CCCCC/C=C\CCCCCCCC(=O)O[C@H](COCCCCCCCCCCCCCCCCCCCC)COP(=O)(O)OCC[N+](C)(C)C. The molecule has 0 fully saturated rings. The average Bonchev–Trinajstić information content (AvgIpc) is 3.09. The molecule has 0 bridgehead atoms. The molecule has 0 aromatic rings. The highest BCUT2D eigenvalue weighted by molar-refractivity contribution is 7.47. The van der Waals surface area contributed by atoms with Crippen LogP contribution in [-0.4, -0.2) is 75.6 Å². The molecule has 0 aromatic carbocycles. The molecule has 1 unspecified atom stereocenters. The Balaban J connectivity index is 4.17. The quantitative estimate of drug-likeness (QED) is 0.0218. The molecule has 2 atom stereocenters. The van der Waals surface area contributed by atoms with Crippen molar-refractivity contribution in [2.75, 3.05) is 54.1 Å². The fourth-order valence-electron chi connectivity index (χ4n) is 6.14. The predicted octanol–water partition coefficient (Wildman–Crippen LogP) is 12.7. The molecule has 310 valence electrons. The smallest absolute Gasteiger partial charge is 0.457 e. The Hall–Kier alpha value is -0.760. The summed E-state index contributed by atoms with van der Waals surface area (Å²) < 4.78 is 35.0. The minimum atomic E-state index is -4.27. The second-order valence-electron chi connectivity index (χ2n) is 16.1. The highest BCUT2D eigenvalue weighted by Gasteiger charge is 2.26. The highest BCUT2D eigenvalue weighted by atomic mass is 31.2. The Kier molecular flexibility index (Phi) is 36.6. The Morgan fingerprint density at radius 3 is 1.50 bits per heavy atom. The third-order valence-electron chi connectivity index (χ3n) is 9.58. The lowest BCUT2D eigenvalue weighted by atomic mass is 10.0. The van der Waals surface area contributed by atoms with Gasteiger partial charge in [-0.1, -0.05) is 167 Å². The third kappa shape index (κ3) is 40.4. The zero-order chi connectivity index (χ0) is 38.4. The molecule has 0 aliphatic heterocycles. The second-order valence-corrected chi connectivity index (χ2v) is 17.5. The van der Waals surface area contributed by atoms with Crippen LogP contribution in [0.5, 0.6) is 0 Å². The lowest BCUT2D eigenvalue weighted by Gasteiger charge is -2.24. The first-order chi connectivity index (χ1) is 25.1. The van der Waals surface area contributed by atoms with Gasteiger partial charge in [-0.3, -0.25) is 13.8 Å². The van der Waals surface area contributed by atoms with Crippen molar-refractivity contribution in [1.82, 2.24) is 0 Å². The zero-order valence-corrected chi connectivity index (χ0v) is 36.0. The topological polar surface area (TPSA) is 91.3 Å². The number of phosphoric acid groups is 1. The standard InChI is InChI=1S/C43H86NO7P/c1-6-8-10-12-14-16-18-20-21-22-23-24-25-27-29-31-33-35-38-48-40-42(41-50-52(46,47)49-39-37-44(3,4)5)51-43(45)36-34-32-30-28-26-19-17-15-13-11-9-7-2/h15,17,42H,6-14,16,18-41H2,1-5H3/p+1/b17-15-/t42-/m1/s1. The molecule has 0 amide bonds. The van der Waals surface area contributed by atoms with Crippen molar-refractivity contribution < 1.29 is 37.3 Å². The number of hydrogen-bond acceptors (Lipinski definition) is 6. The van der Waals surface area contributed by atoms with Crippen molar-refractivity contribution in [3.63, 3.8) is 0 Å². The fourth-order valence-corrected chi connectivity index (χ4v) is 6.88. The summed E-state index contributed by atoms with van der Waals surface area (Å²) >= 11 is 0. The molecule has 1 N–H and O–H groups in total. The van der Waals surface area contributed by atoms with Crippen LogP contribution in [0.1, 0.15) is 200 Å². The number of nitrogens with zero attached hydrogens (tertiary/aromatic N) is 1. The molecule has 0 heterocycles. The Morgan fingerprint density at radius 2 is 1.00 bits per heavy atom. The molecule has 0 radical (unpaired) electrons. The summed E-state index contributed by atoms with van der Waals surface area (Å²) in [6.07, 6.45) is 39.5. The summed E-state index contributed by atoms with van der Waals surface area (Å²) in [5.74, 6) is -0.320. The molecule has 9 heteroatoms. The lowest BCUT2D eigenvalue weighted by molar-refractivity contribution is -0.870.